The van der Waals surface area contributed by atoms with Crippen LogP contribution in [0.4, 0.5) is 0 Å². The van der Waals surface area contributed by atoms with Crippen LogP contribution in [0.25, 0.3) is 0 Å². The van der Waals surface area contributed by atoms with E-state index in [1.54, 1.807) is 14.2 Å². The van der Waals surface area contributed by atoms with Gasteiger partial charge in [0.2, 0.25) is 0 Å². The van der Waals surface area contributed by atoms with Crippen LogP contribution in [0.3, 0.4) is 0 Å². The lowest BCUT2D eigenvalue weighted by molar-refractivity contribution is 0.216. The van der Waals surface area contributed by atoms with Crippen molar-refractivity contribution in [2.75, 3.05) is 14.2 Å². The van der Waals surface area contributed by atoms with E-state index in [0.29, 0.717) is 11.0 Å². The molecule has 13 heavy (non-hydrogen) atoms. The fraction of sp³-hybridized carbons (Fsp3) is 1.00. The Morgan fingerprint density at radius 2 is 1.62 bits per heavy atom. The predicted molar refractivity (Wildman–Crippen MR) is 57.2 cm³/mol. The molecular formula is C10H22O2Si. The monoisotopic (exact) mass is 202 g/mol. The van der Waals surface area contributed by atoms with Crippen molar-refractivity contribution in [1.82, 2.24) is 0 Å². The molecule has 1 saturated carbocycles. The second kappa shape index (κ2) is 4.58. The molecule has 0 amide bonds. The van der Waals surface area contributed by atoms with Gasteiger partial charge >= 0.3 is 9.28 Å². The fourth-order valence-corrected chi connectivity index (χ4v) is 4.47. The third-order valence-corrected chi connectivity index (χ3v) is 6.27. The van der Waals surface area contributed by atoms with Crippen LogP contribution < -0.4 is 0 Å². The topological polar surface area (TPSA) is 18.5 Å². The summed E-state index contributed by atoms with van der Waals surface area (Å²) in [5.74, 6) is 0. The van der Waals surface area contributed by atoms with Crippen molar-refractivity contribution in [2.45, 2.75) is 45.1 Å². The normalized spacial score (nSPS) is 23.8. The zero-order valence-electron chi connectivity index (χ0n) is 9.30. The maximum atomic E-state index is 5.46. The van der Waals surface area contributed by atoms with Gasteiger partial charge in [0.1, 0.15) is 0 Å². The summed E-state index contributed by atoms with van der Waals surface area (Å²) in [6.07, 6.45) is 5.47. The van der Waals surface area contributed by atoms with E-state index in [0.717, 1.165) is 0 Å². The smallest absolute Gasteiger partial charge is 0.324 e. The summed E-state index contributed by atoms with van der Waals surface area (Å²) in [7, 11) is 2.17. The Hall–Kier alpha value is 0.137. The summed E-state index contributed by atoms with van der Waals surface area (Å²) in [6, 6.07) is 0. The third-order valence-electron chi connectivity index (χ3n) is 3.72. The molecule has 0 aromatic heterocycles. The molecule has 1 fully saturated rings. The van der Waals surface area contributed by atoms with E-state index in [1.165, 1.54) is 25.7 Å². The van der Waals surface area contributed by atoms with Crippen molar-refractivity contribution in [3.63, 3.8) is 0 Å². The second-order valence-corrected chi connectivity index (χ2v) is 7.17. The van der Waals surface area contributed by atoms with Gasteiger partial charge < -0.3 is 8.85 Å². The maximum Gasteiger partial charge on any atom is 0.324 e. The number of hydrogen-bond acceptors (Lipinski definition) is 2. The van der Waals surface area contributed by atoms with Crippen molar-refractivity contribution in [3.8, 4) is 0 Å². The molecule has 0 bridgehead atoms. The minimum absolute atomic E-state index is 0.489. The largest absolute Gasteiger partial charge is 0.400 e. The lowest BCUT2D eigenvalue weighted by atomic mass is 9.85. The molecule has 0 N–H and O–H groups in total. The molecule has 2 nitrogen and oxygen atoms in total. The standard InChI is InChI=1S/C10H22O2Si/c1-9(13(11-3)12-4)10(2)7-5-6-8-10/h9,13H,5-8H2,1-4H3. The van der Waals surface area contributed by atoms with Crippen molar-refractivity contribution < 1.29 is 8.85 Å². The first-order valence-corrected chi connectivity index (χ1v) is 6.80. The Bertz CT molecular complexity index is 151. The average Bonchev–Trinajstić information content (AvgIpc) is 2.55. The number of rotatable bonds is 4. The summed E-state index contributed by atoms with van der Waals surface area (Å²) >= 11 is 0. The van der Waals surface area contributed by atoms with Gasteiger partial charge in [-0.1, -0.05) is 26.7 Å². The highest BCUT2D eigenvalue weighted by atomic mass is 28.3. The Kier molecular flexibility index (Phi) is 3.95. The van der Waals surface area contributed by atoms with Crippen molar-refractivity contribution in [2.24, 2.45) is 5.41 Å². The molecule has 1 aliphatic carbocycles. The van der Waals surface area contributed by atoms with E-state index < -0.39 is 9.28 Å². The van der Waals surface area contributed by atoms with Gasteiger partial charge in [-0.25, -0.2) is 0 Å². The minimum Gasteiger partial charge on any atom is -0.400 e. The number of hydrogen-bond donors (Lipinski definition) is 0. The van der Waals surface area contributed by atoms with Gasteiger partial charge in [-0.05, 0) is 18.3 Å². The quantitative estimate of drug-likeness (QED) is 0.652. The van der Waals surface area contributed by atoms with Gasteiger partial charge in [0.15, 0.2) is 0 Å². The molecule has 1 aliphatic rings. The van der Waals surface area contributed by atoms with E-state index in [4.69, 9.17) is 8.85 Å². The Balaban J connectivity index is 2.58. The van der Waals surface area contributed by atoms with Gasteiger partial charge in [-0.3, -0.25) is 0 Å². The summed E-state index contributed by atoms with van der Waals surface area (Å²) < 4.78 is 10.9. The van der Waals surface area contributed by atoms with Crippen LogP contribution >= 0.6 is 0 Å². The van der Waals surface area contributed by atoms with Gasteiger partial charge in [-0.2, -0.15) is 0 Å². The molecule has 1 unspecified atom stereocenters. The van der Waals surface area contributed by atoms with Crippen LogP contribution in [-0.4, -0.2) is 23.5 Å². The first kappa shape index (κ1) is 11.2. The predicted octanol–water partition coefficient (Wildman–Crippen LogP) is 2.47. The zero-order chi connectivity index (χ0) is 9.90. The third kappa shape index (κ3) is 2.33. The van der Waals surface area contributed by atoms with Gasteiger partial charge in [0.05, 0.1) is 0 Å². The Morgan fingerprint density at radius 3 is 2.00 bits per heavy atom. The molecule has 1 atom stereocenters. The van der Waals surface area contributed by atoms with Crippen molar-refractivity contribution in [1.29, 1.82) is 0 Å². The van der Waals surface area contributed by atoms with Crippen LogP contribution in [0.1, 0.15) is 39.5 Å². The van der Waals surface area contributed by atoms with Crippen molar-refractivity contribution >= 4 is 9.28 Å². The zero-order valence-corrected chi connectivity index (χ0v) is 10.5. The van der Waals surface area contributed by atoms with Crippen LogP contribution in [-0.2, 0) is 8.85 Å². The molecule has 1 rings (SSSR count). The summed E-state index contributed by atoms with van der Waals surface area (Å²) in [6.45, 7) is 4.69. The molecule has 0 aromatic rings. The summed E-state index contributed by atoms with van der Waals surface area (Å²) in [5, 5.41) is 0. The lowest BCUT2D eigenvalue weighted by Gasteiger charge is -2.34. The fourth-order valence-electron chi connectivity index (χ4n) is 2.47. The molecule has 0 aromatic carbocycles. The molecule has 0 radical (unpaired) electrons. The maximum absolute atomic E-state index is 5.46. The van der Waals surface area contributed by atoms with Crippen molar-refractivity contribution in [3.05, 3.63) is 0 Å². The van der Waals surface area contributed by atoms with E-state index in [1.807, 2.05) is 0 Å². The molecule has 0 saturated heterocycles. The van der Waals surface area contributed by atoms with Crippen LogP contribution in [0.2, 0.25) is 5.54 Å². The van der Waals surface area contributed by atoms with E-state index >= 15 is 0 Å². The summed E-state index contributed by atoms with van der Waals surface area (Å²) in [4.78, 5) is 0. The Labute approximate surface area is 83.5 Å². The molecule has 0 aliphatic heterocycles. The SMILES string of the molecule is CO[SiH](OC)C(C)C1(C)CCCC1. The van der Waals surface area contributed by atoms with Crippen LogP contribution in [0.15, 0.2) is 0 Å². The lowest BCUT2D eigenvalue weighted by Crippen LogP contribution is -2.34. The first-order valence-electron chi connectivity index (χ1n) is 5.19. The highest BCUT2D eigenvalue weighted by Gasteiger charge is 2.40. The van der Waals surface area contributed by atoms with Gasteiger partial charge in [0, 0.05) is 19.8 Å². The highest BCUT2D eigenvalue weighted by Crippen LogP contribution is 2.48. The van der Waals surface area contributed by atoms with E-state index in [9.17, 15) is 0 Å². The molecule has 78 valence electrons. The Morgan fingerprint density at radius 1 is 1.15 bits per heavy atom. The van der Waals surface area contributed by atoms with Crippen LogP contribution in [0.5, 0.6) is 0 Å². The molecular weight excluding hydrogens is 180 g/mol. The molecule has 0 spiro atoms. The van der Waals surface area contributed by atoms with E-state index in [2.05, 4.69) is 13.8 Å². The average molecular weight is 202 g/mol. The van der Waals surface area contributed by atoms with Gasteiger partial charge in [-0.15, -0.1) is 0 Å². The van der Waals surface area contributed by atoms with Gasteiger partial charge in [0.25, 0.3) is 0 Å². The second-order valence-electron chi connectivity index (χ2n) is 4.49. The molecule has 0 heterocycles. The van der Waals surface area contributed by atoms with E-state index in [-0.39, 0.29) is 0 Å². The molecule has 3 heteroatoms. The van der Waals surface area contributed by atoms with Crippen LogP contribution in [0, 0.1) is 5.41 Å². The summed E-state index contributed by atoms with van der Waals surface area (Å²) in [5.41, 5.74) is 1.12. The minimum atomic E-state index is -1.41. The highest BCUT2D eigenvalue weighted by molar-refractivity contribution is 6.46. The first-order chi connectivity index (χ1) is 6.14.